The van der Waals surface area contributed by atoms with Crippen molar-refractivity contribution in [2.24, 2.45) is 0 Å². The van der Waals surface area contributed by atoms with E-state index in [4.69, 9.17) is 4.43 Å². The molecule has 0 fully saturated rings. The Balaban J connectivity index is 4.39. The van der Waals surface area contributed by atoms with E-state index in [1.807, 2.05) is 12.2 Å². The van der Waals surface area contributed by atoms with Crippen LogP contribution in [0.25, 0.3) is 0 Å². The van der Waals surface area contributed by atoms with Crippen LogP contribution in [0, 0.1) is 0 Å². The molecule has 1 atom stereocenters. The zero-order valence-corrected chi connectivity index (χ0v) is 12.0. The van der Waals surface area contributed by atoms with Crippen molar-refractivity contribution < 1.29 is 4.43 Å². The summed E-state index contributed by atoms with van der Waals surface area (Å²) in [6.07, 6.45) is 6.03. The van der Waals surface area contributed by atoms with Crippen LogP contribution >= 0.6 is 0 Å². The van der Waals surface area contributed by atoms with Crippen molar-refractivity contribution in [1.29, 1.82) is 0 Å². The van der Waals surface area contributed by atoms with Gasteiger partial charge in [-0.2, -0.15) is 0 Å². The third-order valence-corrected chi connectivity index (χ3v) is 7.67. The van der Waals surface area contributed by atoms with Crippen molar-refractivity contribution in [2.45, 2.75) is 57.8 Å². The lowest BCUT2D eigenvalue weighted by Crippen LogP contribution is -2.43. The van der Waals surface area contributed by atoms with Crippen molar-refractivity contribution in [2.75, 3.05) is 0 Å². The minimum Gasteiger partial charge on any atom is -0.411 e. The molecule has 88 valence electrons. The first-order valence-electron chi connectivity index (χ1n) is 5.66. The Morgan fingerprint density at radius 3 is 2.13 bits per heavy atom. The molecule has 0 unspecified atom stereocenters. The predicted octanol–water partition coefficient (Wildman–Crippen LogP) is 4.53. The Bertz CT molecular complexity index is 213. The van der Waals surface area contributed by atoms with E-state index in [-0.39, 0.29) is 11.1 Å². The van der Waals surface area contributed by atoms with Crippen molar-refractivity contribution in [1.82, 2.24) is 0 Å². The van der Waals surface area contributed by atoms with Crippen LogP contribution in [0.4, 0.5) is 0 Å². The molecule has 0 aliphatic carbocycles. The summed E-state index contributed by atoms with van der Waals surface area (Å²) in [7, 11) is -1.64. The Morgan fingerprint density at radius 1 is 1.27 bits per heavy atom. The van der Waals surface area contributed by atoms with E-state index in [2.05, 4.69) is 47.0 Å². The maximum absolute atomic E-state index is 6.23. The van der Waals surface area contributed by atoms with E-state index >= 15 is 0 Å². The van der Waals surface area contributed by atoms with Crippen molar-refractivity contribution in [3.05, 3.63) is 25.3 Å². The average Bonchev–Trinajstić information content (AvgIpc) is 2.10. The molecule has 0 bridgehead atoms. The van der Waals surface area contributed by atoms with E-state index in [0.29, 0.717) is 0 Å². The summed E-state index contributed by atoms with van der Waals surface area (Å²) < 4.78 is 6.23. The predicted molar refractivity (Wildman–Crippen MR) is 71.7 cm³/mol. The minimum atomic E-state index is -1.64. The fourth-order valence-corrected chi connectivity index (χ4v) is 2.39. The zero-order chi connectivity index (χ0) is 12.1. The summed E-state index contributed by atoms with van der Waals surface area (Å²) in [4.78, 5) is 0. The van der Waals surface area contributed by atoms with Crippen LogP contribution in [0.1, 0.15) is 33.6 Å². The average molecular weight is 226 g/mol. The molecule has 0 amide bonds. The largest absolute Gasteiger partial charge is 0.411 e. The molecule has 0 heterocycles. The molecule has 0 aromatic heterocycles. The number of hydrogen-bond donors (Lipinski definition) is 0. The van der Waals surface area contributed by atoms with Gasteiger partial charge in [0, 0.05) is 0 Å². The van der Waals surface area contributed by atoms with Crippen LogP contribution in [0.5, 0.6) is 0 Å². The van der Waals surface area contributed by atoms with Gasteiger partial charge in [0.1, 0.15) is 0 Å². The number of hydrogen-bond acceptors (Lipinski definition) is 1. The molecule has 0 saturated heterocycles. The maximum Gasteiger partial charge on any atom is 0.192 e. The van der Waals surface area contributed by atoms with Gasteiger partial charge < -0.3 is 4.43 Å². The highest BCUT2D eigenvalue weighted by molar-refractivity contribution is 6.74. The van der Waals surface area contributed by atoms with Crippen LogP contribution in [-0.2, 0) is 4.43 Å². The van der Waals surface area contributed by atoms with Crippen LogP contribution in [0.15, 0.2) is 25.3 Å². The van der Waals surface area contributed by atoms with Crippen LogP contribution < -0.4 is 0 Å². The second-order valence-corrected chi connectivity index (χ2v) is 10.3. The molecular weight excluding hydrogens is 200 g/mol. The standard InChI is InChI=1S/C13H26OSi/c1-8-10-11-12(9-2)14-15(6,7)13(3,4)5/h8-9,12H,1-2,10-11H2,3-7H3/t12-/m0/s1. The molecule has 0 aromatic rings. The van der Waals surface area contributed by atoms with Crippen LogP contribution in [0.2, 0.25) is 18.1 Å². The molecule has 0 aliphatic rings. The Morgan fingerprint density at radius 2 is 1.80 bits per heavy atom. The fourth-order valence-electron chi connectivity index (χ4n) is 1.06. The van der Waals surface area contributed by atoms with E-state index in [1.165, 1.54) is 0 Å². The quantitative estimate of drug-likeness (QED) is 0.477. The second-order valence-electron chi connectivity index (χ2n) is 5.52. The third-order valence-electron chi connectivity index (χ3n) is 3.17. The first-order valence-corrected chi connectivity index (χ1v) is 8.56. The smallest absolute Gasteiger partial charge is 0.192 e. The van der Waals surface area contributed by atoms with Crippen molar-refractivity contribution in [3.63, 3.8) is 0 Å². The molecule has 0 saturated carbocycles. The Hall–Kier alpha value is -0.343. The van der Waals surface area contributed by atoms with Gasteiger partial charge in [-0.15, -0.1) is 13.2 Å². The highest BCUT2D eigenvalue weighted by atomic mass is 28.4. The Labute approximate surface area is 96.4 Å². The van der Waals surface area contributed by atoms with Crippen LogP contribution in [0.3, 0.4) is 0 Å². The molecule has 0 aromatic carbocycles. The molecule has 0 spiro atoms. The molecule has 0 N–H and O–H groups in total. The molecule has 1 nitrogen and oxygen atoms in total. The molecule has 0 radical (unpaired) electrons. The van der Waals surface area contributed by atoms with Gasteiger partial charge in [-0.25, -0.2) is 0 Å². The monoisotopic (exact) mass is 226 g/mol. The van der Waals surface area contributed by atoms with Gasteiger partial charge in [0.2, 0.25) is 0 Å². The topological polar surface area (TPSA) is 9.23 Å². The highest BCUT2D eigenvalue weighted by Crippen LogP contribution is 2.37. The number of allylic oxidation sites excluding steroid dienone is 1. The third kappa shape index (κ3) is 4.80. The first-order chi connectivity index (χ1) is 6.74. The summed E-state index contributed by atoms with van der Waals surface area (Å²) in [5.74, 6) is 0. The number of rotatable bonds is 6. The van der Waals surface area contributed by atoms with Gasteiger partial charge in [-0.1, -0.05) is 32.9 Å². The summed E-state index contributed by atoms with van der Waals surface area (Å²) in [6, 6.07) is 0. The lowest BCUT2D eigenvalue weighted by atomic mass is 10.2. The fraction of sp³-hybridized carbons (Fsp3) is 0.692. The van der Waals surface area contributed by atoms with E-state index < -0.39 is 8.32 Å². The van der Waals surface area contributed by atoms with Crippen molar-refractivity contribution in [3.8, 4) is 0 Å². The van der Waals surface area contributed by atoms with Gasteiger partial charge in [0.15, 0.2) is 8.32 Å². The molecular formula is C13H26OSi. The van der Waals surface area contributed by atoms with Gasteiger partial charge in [-0.05, 0) is 31.0 Å². The van der Waals surface area contributed by atoms with E-state index in [9.17, 15) is 0 Å². The van der Waals surface area contributed by atoms with Gasteiger partial charge >= 0.3 is 0 Å². The maximum atomic E-state index is 6.23. The summed E-state index contributed by atoms with van der Waals surface area (Å²) in [5.41, 5.74) is 0. The Kier molecular flexibility index (Phi) is 5.53. The normalized spacial score (nSPS) is 14.7. The van der Waals surface area contributed by atoms with E-state index in [0.717, 1.165) is 12.8 Å². The molecule has 0 rings (SSSR count). The zero-order valence-electron chi connectivity index (χ0n) is 11.0. The van der Waals surface area contributed by atoms with Crippen molar-refractivity contribution >= 4 is 8.32 Å². The molecule has 0 aliphatic heterocycles. The lowest BCUT2D eigenvalue weighted by Gasteiger charge is -2.38. The van der Waals surface area contributed by atoms with Crippen LogP contribution in [-0.4, -0.2) is 14.4 Å². The summed E-state index contributed by atoms with van der Waals surface area (Å²) in [6.45, 7) is 18.9. The minimum absolute atomic E-state index is 0.184. The highest BCUT2D eigenvalue weighted by Gasteiger charge is 2.38. The molecule has 15 heavy (non-hydrogen) atoms. The second kappa shape index (κ2) is 5.66. The van der Waals surface area contributed by atoms with E-state index in [1.54, 1.807) is 0 Å². The van der Waals surface area contributed by atoms with Gasteiger partial charge in [0.25, 0.3) is 0 Å². The van der Waals surface area contributed by atoms with Gasteiger partial charge in [0.05, 0.1) is 6.10 Å². The first kappa shape index (κ1) is 14.7. The lowest BCUT2D eigenvalue weighted by molar-refractivity contribution is 0.216. The SMILES string of the molecule is C=CCC[C@H](C=C)O[Si](C)(C)C(C)(C)C. The summed E-state index contributed by atoms with van der Waals surface area (Å²) in [5, 5.41) is 0.266. The molecule has 2 heteroatoms. The van der Waals surface area contributed by atoms with Gasteiger partial charge in [-0.3, -0.25) is 0 Å². The summed E-state index contributed by atoms with van der Waals surface area (Å²) >= 11 is 0.